The van der Waals surface area contributed by atoms with Gasteiger partial charge in [0, 0.05) is 24.2 Å². The van der Waals surface area contributed by atoms with Crippen molar-refractivity contribution < 1.29 is 4.74 Å². The van der Waals surface area contributed by atoms with Gasteiger partial charge in [-0.2, -0.15) is 0 Å². The van der Waals surface area contributed by atoms with Crippen LogP contribution in [0.5, 0.6) is 0 Å². The van der Waals surface area contributed by atoms with E-state index in [1.807, 2.05) is 0 Å². The third-order valence-electron chi connectivity index (χ3n) is 5.09. The quantitative estimate of drug-likeness (QED) is 0.822. The fraction of sp³-hybridized carbons (Fsp3) is 1.00. The standard InChI is InChI=1S/C15H32N2O/c1-7-14(4,5)17(6)15(11-16)8-9-18-13(10-15)12(2)3/h12-13H,7-11,16H2,1-6H3. The van der Waals surface area contributed by atoms with Crippen molar-refractivity contribution in [3.8, 4) is 0 Å². The Morgan fingerprint density at radius 3 is 2.50 bits per heavy atom. The van der Waals surface area contributed by atoms with Crippen molar-refractivity contribution in [3.63, 3.8) is 0 Å². The van der Waals surface area contributed by atoms with Crippen molar-refractivity contribution in [1.82, 2.24) is 4.90 Å². The molecule has 1 fully saturated rings. The maximum absolute atomic E-state index is 6.16. The fourth-order valence-electron chi connectivity index (χ4n) is 2.87. The van der Waals surface area contributed by atoms with Crippen molar-refractivity contribution in [2.24, 2.45) is 11.7 Å². The summed E-state index contributed by atoms with van der Waals surface area (Å²) in [5.41, 5.74) is 6.45. The summed E-state index contributed by atoms with van der Waals surface area (Å²) in [6.07, 6.45) is 3.59. The van der Waals surface area contributed by atoms with Gasteiger partial charge in [-0.05, 0) is 46.1 Å². The Labute approximate surface area is 113 Å². The van der Waals surface area contributed by atoms with Crippen molar-refractivity contribution >= 4 is 0 Å². The zero-order valence-corrected chi connectivity index (χ0v) is 13.1. The highest BCUT2D eigenvalue weighted by Gasteiger charge is 2.44. The lowest BCUT2D eigenvalue weighted by Crippen LogP contribution is -2.63. The molecule has 0 aromatic rings. The number of likely N-dealkylation sites (N-methyl/N-ethyl adjacent to an activating group) is 1. The van der Waals surface area contributed by atoms with Crippen LogP contribution in [0.2, 0.25) is 0 Å². The first-order valence-electron chi connectivity index (χ1n) is 7.34. The third-order valence-corrected chi connectivity index (χ3v) is 5.09. The van der Waals surface area contributed by atoms with E-state index in [1.54, 1.807) is 0 Å². The van der Waals surface area contributed by atoms with E-state index in [1.165, 1.54) is 0 Å². The van der Waals surface area contributed by atoms with Crippen LogP contribution in [0.1, 0.15) is 53.9 Å². The Morgan fingerprint density at radius 2 is 2.06 bits per heavy atom. The monoisotopic (exact) mass is 256 g/mol. The summed E-state index contributed by atoms with van der Waals surface area (Å²) < 4.78 is 5.91. The highest BCUT2D eigenvalue weighted by atomic mass is 16.5. The average molecular weight is 256 g/mol. The minimum absolute atomic E-state index is 0.104. The van der Waals surface area contributed by atoms with Gasteiger partial charge in [0.2, 0.25) is 0 Å². The summed E-state index contributed by atoms with van der Waals surface area (Å²) in [7, 11) is 2.24. The molecule has 0 aromatic heterocycles. The molecule has 3 heteroatoms. The summed E-state index contributed by atoms with van der Waals surface area (Å²) in [4.78, 5) is 2.51. The molecule has 2 unspecified atom stereocenters. The van der Waals surface area contributed by atoms with Crippen LogP contribution in [0.4, 0.5) is 0 Å². The largest absolute Gasteiger partial charge is 0.378 e. The molecule has 1 heterocycles. The molecule has 0 aromatic carbocycles. The predicted molar refractivity (Wildman–Crippen MR) is 77.7 cm³/mol. The minimum Gasteiger partial charge on any atom is -0.378 e. The maximum Gasteiger partial charge on any atom is 0.0616 e. The Balaban J connectivity index is 2.91. The molecule has 2 atom stereocenters. The maximum atomic E-state index is 6.16. The second-order valence-corrected chi connectivity index (χ2v) is 6.76. The summed E-state index contributed by atoms with van der Waals surface area (Å²) in [5.74, 6) is 0.564. The lowest BCUT2D eigenvalue weighted by molar-refractivity contribution is -0.104. The second-order valence-electron chi connectivity index (χ2n) is 6.76. The van der Waals surface area contributed by atoms with Gasteiger partial charge >= 0.3 is 0 Å². The molecule has 1 rings (SSSR count). The van der Waals surface area contributed by atoms with Crippen molar-refractivity contribution in [2.45, 2.75) is 71.1 Å². The zero-order valence-electron chi connectivity index (χ0n) is 13.1. The van der Waals surface area contributed by atoms with Gasteiger partial charge in [0.25, 0.3) is 0 Å². The Kier molecular flexibility index (Phi) is 5.22. The van der Waals surface area contributed by atoms with E-state index in [-0.39, 0.29) is 11.1 Å². The van der Waals surface area contributed by atoms with E-state index < -0.39 is 0 Å². The van der Waals surface area contributed by atoms with E-state index in [0.29, 0.717) is 12.0 Å². The Hall–Kier alpha value is -0.120. The molecule has 0 spiro atoms. The number of hydrogen-bond acceptors (Lipinski definition) is 3. The molecule has 1 saturated heterocycles. The predicted octanol–water partition coefficient (Wildman–Crippen LogP) is 2.64. The number of hydrogen-bond donors (Lipinski definition) is 1. The molecular formula is C15H32N2O. The Morgan fingerprint density at radius 1 is 1.44 bits per heavy atom. The molecule has 0 aliphatic carbocycles. The van der Waals surface area contributed by atoms with Gasteiger partial charge in [-0.3, -0.25) is 4.90 Å². The lowest BCUT2D eigenvalue weighted by Gasteiger charge is -2.53. The van der Waals surface area contributed by atoms with Gasteiger partial charge in [-0.15, -0.1) is 0 Å². The van der Waals surface area contributed by atoms with E-state index in [0.717, 1.165) is 32.4 Å². The van der Waals surface area contributed by atoms with Crippen LogP contribution in [0.25, 0.3) is 0 Å². The third kappa shape index (κ3) is 3.06. The van der Waals surface area contributed by atoms with Crippen LogP contribution >= 0.6 is 0 Å². The average Bonchev–Trinajstić information content (AvgIpc) is 2.37. The number of ether oxygens (including phenoxy) is 1. The van der Waals surface area contributed by atoms with Crippen molar-refractivity contribution in [2.75, 3.05) is 20.2 Å². The summed E-state index contributed by atoms with van der Waals surface area (Å²) >= 11 is 0. The lowest BCUT2D eigenvalue weighted by atomic mass is 9.79. The van der Waals surface area contributed by atoms with Crippen LogP contribution in [0.15, 0.2) is 0 Å². The second kappa shape index (κ2) is 5.89. The van der Waals surface area contributed by atoms with Gasteiger partial charge in [0.1, 0.15) is 0 Å². The summed E-state index contributed by atoms with van der Waals surface area (Å²) in [6, 6.07) is 0. The first-order valence-corrected chi connectivity index (χ1v) is 7.34. The number of nitrogens with two attached hydrogens (primary N) is 1. The first kappa shape index (κ1) is 15.9. The number of nitrogens with zero attached hydrogens (tertiary/aromatic N) is 1. The first-order chi connectivity index (χ1) is 8.29. The van der Waals surface area contributed by atoms with Gasteiger partial charge in [-0.1, -0.05) is 20.8 Å². The summed E-state index contributed by atoms with van der Waals surface area (Å²) in [5, 5.41) is 0. The highest BCUT2D eigenvalue weighted by molar-refractivity contribution is 5.00. The highest BCUT2D eigenvalue weighted by Crippen LogP contribution is 2.36. The van der Waals surface area contributed by atoms with Gasteiger partial charge in [-0.25, -0.2) is 0 Å². The van der Waals surface area contributed by atoms with Crippen molar-refractivity contribution in [1.29, 1.82) is 0 Å². The fourth-order valence-corrected chi connectivity index (χ4v) is 2.87. The van der Waals surface area contributed by atoms with E-state index in [2.05, 4.69) is 46.6 Å². The zero-order chi connectivity index (χ0) is 14.0. The smallest absolute Gasteiger partial charge is 0.0616 e. The van der Waals surface area contributed by atoms with E-state index in [4.69, 9.17) is 10.5 Å². The molecule has 18 heavy (non-hydrogen) atoms. The molecule has 2 N–H and O–H groups in total. The number of rotatable bonds is 5. The molecule has 1 aliphatic heterocycles. The van der Waals surface area contributed by atoms with Crippen LogP contribution < -0.4 is 5.73 Å². The van der Waals surface area contributed by atoms with Crippen LogP contribution in [0, 0.1) is 5.92 Å². The normalized spacial score (nSPS) is 30.2. The van der Waals surface area contributed by atoms with Crippen LogP contribution in [-0.4, -0.2) is 42.3 Å². The minimum atomic E-state index is 0.104. The molecule has 1 aliphatic rings. The van der Waals surface area contributed by atoms with Crippen molar-refractivity contribution in [3.05, 3.63) is 0 Å². The van der Waals surface area contributed by atoms with Crippen LogP contribution in [0.3, 0.4) is 0 Å². The topological polar surface area (TPSA) is 38.5 Å². The summed E-state index contributed by atoms with van der Waals surface area (Å²) in [6.45, 7) is 12.9. The van der Waals surface area contributed by atoms with Gasteiger partial charge in [0.05, 0.1) is 6.10 Å². The van der Waals surface area contributed by atoms with E-state index >= 15 is 0 Å². The molecule has 0 radical (unpaired) electrons. The Bertz CT molecular complexity index is 265. The van der Waals surface area contributed by atoms with E-state index in [9.17, 15) is 0 Å². The van der Waals surface area contributed by atoms with Crippen LogP contribution in [-0.2, 0) is 4.74 Å². The van der Waals surface area contributed by atoms with Gasteiger partial charge in [0.15, 0.2) is 0 Å². The molecule has 108 valence electrons. The SMILES string of the molecule is CCC(C)(C)N(C)C1(CN)CCOC(C(C)C)C1. The molecule has 0 amide bonds. The molecule has 0 saturated carbocycles. The molecular weight excluding hydrogens is 224 g/mol. The molecule has 0 bridgehead atoms. The van der Waals surface area contributed by atoms with Gasteiger partial charge < -0.3 is 10.5 Å². The molecule has 3 nitrogen and oxygen atoms in total.